The van der Waals surface area contributed by atoms with Crippen molar-refractivity contribution in [1.29, 1.82) is 0 Å². The predicted molar refractivity (Wildman–Crippen MR) is 56.1 cm³/mol. The van der Waals surface area contributed by atoms with Crippen LogP contribution in [0.5, 0.6) is 5.88 Å². The summed E-state index contributed by atoms with van der Waals surface area (Å²) in [5.74, 6) is 1.05. The molecule has 0 bridgehead atoms. The summed E-state index contributed by atoms with van der Waals surface area (Å²) in [5.41, 5.74) is 0. The first-order valence-electron chi connectivity index (χ1n) is 5.29. The lowest BCUT2D eigenvalue weighted by Crippen LogP contribution is -2.08. The SMILES string of the molecule is CCOC(=O)[C@H]1C[C@@H]1c1nccc(OC)n1. The third kappa shape index (κ3) is 2.13. The largest absolute Gasteiger partial charge is 0.481 e. The molecular weight excluding hydrogens is 208 g/mol. The van der Waals surface area contributed by atoms with Gasteiger partial charge in [-0.25, -0.2) is 4.98 Å². The van der Waals surface area contributed by atoms with Crippen LogP contribution in [0.1, 0.15) is 25.1 Å². The molecule has 0 aromatic carbocycles. The van der Waals surface area contributed by atoms with Gasteiger partial charge >= 0.3 is 5.97 Å². The molecule has 0 radical (unpaired) electrons. The van der Waals surface area contributed by atoms with Crippen LogP contribution in [-0.2, 0) is 9.53 Å². The van der Waals surface area contributed by atoms with Crippen molar-refractivity contribution in [3.63, 3.8) is 0 Å². The van der Waals surface area contributed by atoms with Gasteiger partial charge in [-0.1, -0.05) is 0 Å². The topological polar surface area (TPSA) is 61.3 Å². The molecule has 1 heterocycles. The molecule has 86 valence electrons. The van der Waals surface area contributed by atoms with Crippen LogP contribution >= 0.6 is 0 Å². The summed E-state index contributed by atoms with van der Waals surface area (Å²) >= 11 is 0. The van der Waals surface area contributed by atoms with Crippen molar-refractivity contribution in [3.05, 3.63) is 18.1 Å². The summed E-state index contributed by atoms with van der Waals surface area (Å²) in [6.07, 6.45) is 2.41. The Kier molecular flexibility index (Phi) is 3.03. The molecule has 0 spiro atoms. The molecule has 0 unspecified atom stereocenters. The van der Waals surface area contributed by atoms with E-state index in [1.165, 1.54) is 0 Å². The molecule has 1 aliphatic rings. The number of carbonyl (C=O) groups is 1. The van der Waals surface area contributed by atoms with Gasteiger partial charge in [-0.3, -0.25) is 4.79 Å². The van der Waals surface area contributed by atoms with Gasteiger partial charge in [0.25, 0.3) is 0 Å². The molecule has 1 saturated carbocycles. The van der Waals surface area contributed by atoms with Gasteiger partial charge in [-0.05, 0) is 13.3 Å². The molecule has 1 aromatic rings. The Balaban J connectivity index is 2.02. The highest BCUT2D eigenvalue weighted by Gasteiger charge is 2.47. The van der Waals surface area contributed by atoms with E-state index in [0.29, 0.717) is 18.3 Å². The molecule has 2 atom stereocenters. The van der Waals surface area contributed by atoms with Crippen LogP contribution < -0.4 is 4.74 Å². The van der Waals surface area contributed by atoms with E-state index in [0.717, 1.165) is 6.42 Å². The normalized spacial score (nSPS) is 22.6. The van der Waals surface area contributed by atoms with Crippen molar-refractivity contribution in [2.75, 3.05) is 13.7 Å². The minimum absolute atomic E-state index is 0.0768. The van der Waals surface area contributed by atoms with E-state index < -0.39 is 0 Å². The van der Waals surface area contributed by atoms with Crippen LogP contribution in [-0.4, -0.2) is 29.7 Å². The summed E-state index contributed by atoms with van der Waals surface area (Å²) in [5, 5.41) is 0. The molecule has 2 rings (SSSR count). The fourth-order valence-corrected chi connectivity index (χ4v) is 1.64. The maximum Gasteiger partial charge on any atom is 0.309 e. The van der Waals surface area contributed by atoms with E-state index in [1.807, 2.05) is 0 Å². The molecule has 1 fully saturated rings. The number of methoxy groups -OCH3 is 1. The van der Waals surface area contributed by atoms with Crippen LogP contribution in [0.3, 0.4) is 0 Å². The minimum Gasteiger partial charge on any atom is -0.481 e. The fraction of sp³-hybridized carbons (Fsp3) is 0.545. The Morgan fingerprint density at radius 2 is 2.44 bits per heavy atom. The molecule has 1 aliphatic carbocycles. The highest BCUT2D eigenvalue weighted by Crippen LogP contribution is 2.46. The molecule has 16 heavy (non-hydrogen) atoms. The monoisotopic (exact) mass is 222 g/mol. The molecule has 0 aliphatic heterocycles. The Hall–Kier alpha value is -1.65. The lowest BCUT2D eigenvalue weighted by molar-refractivity contribution is -0.144. The zero-order chi connectivity index (χ0) is 11.5. The van der Waals surface area contributed by atoms with Crippen molar-refractivity contribution in [3.8, 4) is 5.88 Å². The van der Waals surface area contributed by atoms with E-state index in [-0.39, 0.29) is 17.8 Å². The lowest BCUT2D eigenvalue weighted by Gasteiger charge is -2.02. The van der Waals surface area contributed by atoms with Gasteiger partial charge in [0.2, 0.25) is 5.88 Å². The Morgan fingerprint density at radius 1 is 1.62 bits per heavy atom. The van der Waals surface area contributed by atoms with Crippen LogP contribution in [0.25, 0.3) is 0 Å². The lowest BCUT2D eigenvalue weighted by atomic mass is 10.3. The maximum atomic E-state index is 11.4. The predicted octanol–water partition coefficient (Wildman–Crippen LogP) is 1.15. The summed E-state index contributed by atoms with van der Waals surface area (Å²) in [6.45, 7) is 2.22. The van der Waals surface area contributed by atoms with Gasteiger partial charge in [0.05, 0.1) is 19.6 Å². The Morgan fingerprint density at radius 3 is 3.12 bits per heavy atom. The number of rotatable bonds is 4. The molecule has 5 heteroatoms. The number of carbonyl (C=O) groups excluding carboxylic acids is 1. The maximum absolute atomic E-state index is 11.4. The minimum atomic E-state index is -0.154. The number of aromatic nitrogens is 2. The second-order valence-corrected chi connectivity index (χ2v) is 3.66. The second kappa shape index (κ2) is 4.47. The van der Waals surface area contributed by atoms with Crippen molar-refractivity contribution in [2.24, 2.45) is 5.92 Å². The average molecular weight is 222 g/mol. The van der Waals surface area contributed by atoms with Gasteiger partial charge in [-0.2, -0.15) is 4.98 Å². The first-order chi connectivity index (χ1) is 7.76. The molecule has 0 saturated heterocycles. The van der Waals surface area contributed by atoms with Gasteiger partial charge in [0.1, 0.15) is 5.82 Å². The van der Waals surface area contributed by atoms with Gasteiger partial charge < -0.3 is 9.47 Å². The first-order valence-corrected chi connectivity index (χ1v) is 5.29. The quantitative estimate of drug-likeness (QED) is 0.715. The number of nitrogens with zero attached hydrogens (tertiary/aromatic N) is 2. The molecule has 1 aromatic heterocycles. The van der Waals surface area contributed by atoms with Crippen LogP contribution in [0.15, 0.2) is 12.3 Å². The van der Waals surface area contributed by atoms with E-state index >= 15 is 0 Å². The average Bonchev–Trinajstić information content (AvgIpc) is 3.09. The summed E-state index contributed by atoms with van der Waals surface area (Å²) < 4.78 is 9.96. The van der Waals surface area contributed by atoms with Gasteiger partial charge in [0.15, 0.2) is 0 Å². The summed E-state index contributed by atoms with van der Waals surface area (Å²) in [6, 6.07) is 1.69. The molecular formula is C11H14N2O3. The first kappa shape index (κ1) is 10.9. The number of hydrogen-bond donors (Lipinski definition) is 0. The van der Waals surface area contributed by atoms with Crippen molar-refractivity contribution in [2.45, 2.75) is 19.3 Å². The third-order valence-electron chi connectivity index (χ3n) is 2.57. The van der Waals surface area contributed by atoms with E-state index in [2.05, 4.69) is 9.97 Å². The second-order valence-electron chi connectivity index (χ2n) is 3.66. The zero-order valence-corrected chi connectivity index (χ0v) is 9.34. The number of esters is 1. The van der Waals surface area contributed by atoms with Crippen LogP contribution in [0, 0.1) is 5.92 Å². The van der Waals surface area contributed by atoms with E-state index in [9.17, 15) is 4.79 Å². The Labute approximate surface area is 93.8 Å². The highest BCUT2D eigenvalue weighted by molar-refractivity contribution is 5.77. The van der Waals surface area contributed by atoms with Gasteiger partial charge in [0, 0.05) is 18.2 Å². The van der Waals surface area contributed by atoms with Crippen LogP contribution in [0.2, 0.25) is 0 Å². The number of hydrogen-bond acceptors (Lipinski definition) is 5. The molecule has 5 nitrogen and oxygen atoms in total. The zero-order valence-electron chi connectivity index (χ0n) is 9.34. The highest BCUT2D eigenvalue weighted by atomic mass is 16.5. The molecule has 0 amide bonds. The van der Waals surface area contributed by atoms with E-state index in [4.69, 9.17) is 9.47 Å². The Bertz CT molecular complexity index is 395. The standard InChI is InChI=1S/C11H14N2O3/c1-3-16-11(14)8-6-7(8)10-12-5-4-9(13-10)15-2/h4-5,7-8H,3,6H2,1-2H3/t7-,8-/m0/s1. The third-order valence-corrected chi connectivity index (χ3v) is 2.57. The summed E-state index contributed by atoms with van der Waals surface area (Å²) in [4.78, 5) is 19.8. The van der Waals surface area contributed by atoms with Crippen molar-refractivity contribution < 1.29 is 14.3 Å². The van der Waals surface area contributed by atoms with Crippen molar-refractivity contribution >= 4 is 5.97 Å². The van der Waals surface area contributed by atoms with Crippen molar-refractivity contribution in [1.82, 2.24) is 9.97 Å². The molecule has 0 N–H and O–H groups in total. The number of ether oxygens (including phenoxy) is 2. The van der Waals surface area contributed by atoms with Crippen LogP contribution in [0.4, 0.5) is 0 Å². The van der Waals surface area contributed by atoms with Gasteiger partial charge in [-0.15, -0.1) is 0 Å². The van der Waals surface area contributed by atoms with E-state index in [1.54, 1.807) is 26.3 Å². The fourth-order valence-electron chi connectivity index (χ4n) is 1.64. The summed E-state index contributed by atoms with van der Waals surface area (Å²) in [7, 11) is 1.56. The smallest absolute Gasteiger partial charge is 0.309 e.